The average molecular weight is 332 g/mol. The summed E-state index contributed by atoms with van der Waals surface area (Å²) in [7, 11) is 0. The number of aromatic nitrogens is 6. The van der Waals surface area contributed by atoms with Crippen LogP contribution in [0.15, 0.2) is 60.9 Å². The van der Waals surface area contributed by atoms with Crippen LogP contribution in [0.25, 0.3) is 28.5 Å². The van der Waals surface area contributed by atoms with E-state index in [-0.39, 0.29) is 0 Å². The Labute approximate surface area is 143 Å². The van der Waals surface area contributed by atoms with Gasteiger partial charge in [-0.05, 0) is 48.0 Å². The summed E-state index contributed by atoms with van der Waals surface area (Å²) in [6.45, 7) is 1.95. The summed E-state index contributed by atoms with van der Waals surface area (Å²) in [6.07, 6.45) is 3.40. The van der Waals surface area contributed by atoms with Crippen molar-refractivity contribution in [2.75, 3.05) is 0 Å². The Morgan fingerprint density at radius 2 is 1.88 bits per heavy atom. The van der Waals surface area contributed by atoms with Crippen LogP contribution in [0.5, 0.6) is 0 Å². The van der Waals surface area contributed by atoms with Crippen LogP contribution in [0.1, 0.15) is 5.56 Å². The highest BCUT2D eigenvalue weighted by atomic mass is 19.1. The van der Waals surface area contributed by atoms with Crippen molar-refractivity contribution < 1.29 is 4.39 Å². The molecule has 4 aromatic rings. The Hall–Kier alpha value is -3.48. The Balaban J connectivity index is 1.74. The molecule has 4 rings (SSSR count). The lowest BCUT2D eigenvalue weighted by Gasteiger charge is -2.05. The predicted octanol–water partition coefficient (Wildman–Crippen LogP) is 3.23. The lowest BCUT2D eigenvalue weighted by Crippen LogP contribution is -2.00. The van der Waals surface area contributed by atoms with Crippen LogP contribution in [0.2, 0.25) is 0 Å². The van der Waals surface area contributed by atoms with Gasteiger partial charge in [0.25, 0.3) is 0 Å². The molecular formula is C18H13FN6. The molecule has 0 fully saturated rings. The minimum absolute atomic E-state index is 0.375. The molecule has 0 atom stereocenters. The normalized spacial score (nSPS) is 10.8. The summed E-state index contributed by atoms with van der Waals surface area (Å²) >= 11 is 0. The van der Waals surface area contributed by atoms with Gasteiger partial charge in [-0.25, -0.2) is 4.39 Å². The largest absolute Gasteiger partial charge is 0.256 e. The maximum atomic E-state index is 14.1. The lowest BCUT2D eigenvalue weighted by molar-refractivity contribution is 0.621. The Bertz CT molecular complexity index is 1010. The minimum Gasteiger partial charge on any atom is -0.256 e. The molecular weight excluding hydrogens is 319 g/mol. The van der Waals surface area contributed by atoms with E-state index >= 15 is 0 Å². The highest BCUT2D eigenvalue weighted by Gasteiger charge is 2.11. The van der Waals surface area contributed by atoms with Gasteiger partial charge in [0, 0.05) is 24.0 Å². The molecule has 7 heteroatoms. The maximum Gasteiger partial charge on any atom is 0.223 e. The van der Waals surface area contributed by atoms with Crippen LogP contribution in [0.3, 0.4) is 0 Å². The monoisotopic (exact) mass is 332 g/mol. The molecule has 0 unspecified atom stereocenters. The zero-order valence-electron chi connectivity index (χ0n) is 13.3. The van der Waals surface area contributed by atoms with Crippen LogP contribution in [0, 0.1) is 12.7 Å². The molecule has 0 N–H and O–H groups in total. The van der Waals surface area contributed by atoms with E-state index in [1.165, 1.54) is 16.9 Å². The van der Waals surface area contributed by atoms with Crippen molar-refractivity contribution in [1.29, 1.82) is 0 Å². The molecule has 0 radical (unpaired) electrons. The number of nitrogens with zero attached hydrogens (tertiary/aromatic N) is 6. The fourth-order valence-corrected chi connectivity index (χ4v) is 2.40. The van der Waals surface area contributed by atoms with E-state index < -0.39 is 5.82 Å². The van der Waals surface area contributed by atoms with E-state index in [1.54, 1.807) is 30.6 Å². The van der Waals surface area contributed by atoms with Gasteiger partial charge in [-0.2, -0.15) is 0 Å². The molecule has 0 saturated carbocycles. The van der Waals surface area contributed by atoms with Crippen molar-refractivity contribution >= 4 is 0 Å². The van der Waals surface area contributed by atoms with Crippen LogP contribution < -0.4 is 0 Å². The Morgan fingerprint density at radius 1 is 0.960 bits per heavy atom. The number of rotatable bonds is 3. The zero-order chi connectivity index (χ0) is 17.2. The van der Waals surface area contributed by atoms with Crippen LogP contribution in [-0.4, -0.2) is 30.2 Å². The molecule has 0 bridgehead atoms. The second-order valence-corrected chi connectivity index (χ2v) is 5.54. The third-order valence-electron chi connectivity index (χ3n) is 3.63. The van der Waals surface area contributed by atoms with Crippen molar-refractivity contribution in [2.45, 2.75) is 6.92 Å². The maximum absolute atomic E-state index is 14.1. The van der Waals surface area contributed by atoms with Crippen molar-refractivity contribution in [1.82, 2.24) is 30.2 Å². The second kappa shape index (κ2) is 6.20. The van der Waals surface area contributed by atoms with Crippen molar-refractivity contribution in [3.8, 4) is 28.5 Å². The number of benzene rings is 1. The molecule has 0 aliphatic heterocycles. The van der Waals surface area contributed by atoms with Crippen molar-refractivity contribution in [3.63, 3.8) is 0 Å². The van der Waals surface area contributed by atoms with Gasteiger partial charge in [-0.15, -0.1) is 15.0 Å². The summed E-state index contributed by atoms with van der Waals surface area (Å²) < 4.78 is 14.1. The first-order valence-electron chi connectivity index (χ1n) is 7.64. The molecule has 0 amide bonds. The van der Waals surface area contributed by atoms with E-state index in [1.807, 2.05) is 25.1 Å². The number of aryl methyl sites for hydroxylation is 1. The number of halogens is 1. The summed E-state index contributed by atoms with van der Waals surface area (Å²) in [4.78, 5) is 9.80. The van der Waals surface area contributed by atoms with E-state index in [2.05, 4.69) is 25.4 Å². The molecule has 0 aliphatic carbocycles. The molecule has 25 heavy (non-hydrogen) atoms. The summed E-state index contributed by atoms with van der Waals surface area (Å²) in [6, 6.07) is 13.8. The number of hydrogen-bond donors (Lipinski definition) is 0. The molecule has 0 spiro atoms. The van der Waals surface area contributed by atoms with Gasteiger partial charge >= 0.3 is 0 Å². The molecule has 6 nitrogen and oxygen atoms in total. The molecule has 3 aromatic heterocycles. The van der Waals surface area contributed by atoms with Crippen molar-refractivity contribution in [2.24, 2.45) is 0 Å². The zero-order valence-corrected chi connectivity index (χ0v) is 13.3. The predicted molar refractivity (Wildman–Crippen MR) is 90.3 cm³/mol. The first kappa shape index (κ1) is 15.1. The van der Waals surface area contributed by atoms with Gasteiger partial charge in [0.05, 0.1) is 11.4 Å². The van der Waals surface area contributed by atoms with Crippen LogP contribution >= 0.6 is 0 Å². The standard InChI is InChI=1S/C18H13FN6/c1-12-5-6-16(21-11-12)13-8-14(19)10-15(9-13)25-23-18(22-24-25)17-4-2-3-7-20-17/h2-11H,1H3. The van der Waals surface area contributed by atoms with E-state index in [4.69, 9.17) is 0 Å². The third kappa shape index (κ3) is 3.12. The first-order valence-corrected chi connectivity index (χ1v) is 7.64. The lowest BCUT2D eigenvalue weighted by atomic mass is 10.1. The second-order valence-electron chi connectivity index (χ2n) is 5.54. The smallest absolute Gasteiger partial charge is 0.223 e. The number of hydrogen-bond acceptors (Lipinski definition) is 5. The van der Waals surface area contributed by atoms with Crippen LogP contribution in [-0.2, 0) is 0 Å². The number of tetrazole rings is 1. The van der Waals surface area contributed by atoms with Gasteiger partial charge in [-0.3, -0.25) is 9.97 Å². The van der Waals surface area contributed by atoms with Gasteiger partial charge in [0.1, 0.15) is 11.5 Å². The Morgan fingerprint density at radius 3 is 2.64 bits per heavy atom. The van der Waals surface area contributed by atoms with Gasteiger partial charge < -0.3 is 0 Å². The summed E-state index contributed by atoms with van der Waals surface area (Å²) in [5.41, 5.74) is 3.43. The van der Waals surface area contributed by atoms with Gasteiger partial charge in [-0.1, -0.05) is 12.1 Å². The minimum atomic E-state index is -0.397. The van der Waals surface area contributed by atoms with Gasteiger partial charge in [0.2, 0.25) is 5.82 Å². The molecule has 0 saturated heterocycles. The van der Waals surface area contributed by atoms with E-state index in [9.17, 15) is 4.39 Å². The van der Waals surface area contributed by atoms with Crippen LogP contribution in [0.4, 0.5) is 4.39 Å². The number of pyridine rings is 2. The Kier molecular flexibility index (Phi) is 3.74. The highest BCUT2D eigenvalue weighted by Crippen LogP contribution is 2.22. The molecule has 3 heterocycles. The quantitative estimate of drug-likeness (QED) is 0.576. The highest BCUT2D eigenvalue weighted by molar-refractivity contribution is 5.62. The molecule has 0 aliphatic rings. The SMILES string of the molecule is Cc1ccc(-c2cc(F)cc(-n3nnc(-c4ccccn4)n3)c2)nc1. The topological polar surface area (TPSA) is 69.4 Å². The van der Waals surface area contributed by atoms with E-state index in [0.29, 0.717) is 28.5 Å². The van der Waals surface area contributed by atoms with Gasteiger partial charge in [0.15, 0.2) is 0 Å². The summed E-state index contributed by atoms with van der Waals surface area (Å²) in [5.74, 6) is -0.0218. The third-order valence-corrected chi connectivity index (χ3v) is 3.63. The molecule has 1 aromatic carbocycles. The first-order chi connectivity index (χ1) is 12.2. The molecule has 122 valence electrons. The average Bonchev–Trinajstić information content (AvgIpc) is 3.13. The summed E-state index contributed by atoms with van der Waals surface area (Å²) in [5, 5.41) is 12.3. The van der Waals surface area contributed by atoms with Crippen molar-refractivity contribution in [3.05, 3.63) is 72.3 Å². The van der Waals surface area contributed by atoms with E-state index in [0.717, 1.165) is 5.56 Å². The fourth-order valence-electron chi connectivity index (χ4n) is 2.40. The fraction of sp³-hybridized carbons (Fsp3) is 0.0556.